The molecule has 0 bridgehead atoms. The Labute approximate surface area is 129 Å². The van der Waals surface area contributed by atoms with Gasteiger partial charge in [-0.1, -0.05) is 18.2 Å². The quantitative estimate of drug-likeness (QED) is 0.665. The molecule has 2 rings (SSSR count). The molecule has 0 saturated carbocycles. The molecular weight excluding hydrogens is 330 g/mol. The van der Waals surface area contributed by atoms with E-state index in [9.17, 15) is 22.0 Å². The molecule has 1 N–H and O–H groups in total. The van der Waals surface area contributed by atoms with E-state index in [4.69, 9.17) is 0 Å². The average Bonchev–Trinajstić information content (AvgIpc) is 2.86. The van der Waals surface area contributed by atoms with Gasteiger partial charge in [0.1, 0.15) is 10.7 Å². The first-order chi connectivity index (χ1) is 10.3. The predicted octanol–water partition coefficient (Wildman–Crippen LogP) is 1.40. The number of nitrogens with zero attached hydrogens (tertiary/aromatic N) is 1. The van der Waals surface area contributed by atoms with Gasteiger partial charge in [-0.05, 0) is 30.7 Å². The summed E-state index contributed by atoms with van der Waals surface area (Å²) >= 11 is -2.59. The molecule has 1 aromatic carbocycles. The van der Waals surface area contributed by atoms with Crippen LogP contribution in [0.5, 0.6) is 0 Å². The Kier molecular flexibility index (Phi) is 4.50. The summed E-state index contributed by atoms with van der Waals surface area (Å²) in [6, 6.07) is 8.48. The van der Waals surface area contributed by atoms with Gasteiger partial charge in [-0.25, -0.2) is 21.4 Å². The van der Waals surface area contributed by atoms with Gasteiger partial charge in [-0.2, -0.15) is 0 Å². The van der Waals surface area contributed by atoms with E-state index in [-0.39, 0.29) is 16.2 Å². The van der Waals surface area contributed by atoms with Crippen molar-refractivity contribution in [3.63, 3.8) is 0 Å². The molecule has 1 unspecified atom stereocenters. The van der Waals surface area contributed by atoms with E-state index in [1.54, 1.807) is 6.07 Å². The summed E-state index contributed by atoms with van der Waals surface area (Å²) in [4.78, 5) is 11.8. The molecule has 0 amide bonds. The minimum absolute atomic E-state index is 0.109. The third kappa shape index (κ3) is 2.70. The standard InChI is InChI=1S/C13H13NO6S2/c1-9-8-11(21(16)17)14(12(9)13(15)20-2)22(18,19)10-6-4-3-5-7-10/h3-8H,1-2H3,(H,16,17). The van der Waals surface area contributed by atoms with Gasteiger partial charge in [-0.3, -0.25) is 0 Å². The van der Waals surface area contributed by atoms with Crippen LogP contribution in [0.3, 0.4) is 0 Å². The lowest BCUT2D eigenvalue weighted by Gasteiger charge is -2.12. The van der Waals surface area contributed by atoms with Gasteiger partial charge in [0.2, 0.25) is 11.1 Å². The Balaban J connectivity index is 2.84. The maximum atomic E-state index is 12.7. The molecule has 2 aromatic rings. The summed E-state index contributed by atoms with van der Waals surface area (Å²) in [6.07, 6.45) is 0. The fourth-order valence-corrected chi connectivity index (χ4v) is 4.44. The lowest BCUT2D eigenvalue weighted by atomic mass is 10.3. The van der Waals surface area contributed by atoms with Crippen molar-refractivity contribution in [2.24, 2.45) is 0 Å². The van der Waals surface area contributed by atoms with Crippen molar-refractivity contribution in [2.75, 3.05) is 7.11 Å². The Morgan fingerprint density at radius 1 is 1.27 bits per heavy atom. The summed E-state index contributed by atoms with van der Waals surface area (Å²) in [5, 5.41) is -0.415. The molecule has 0 radical (unpaired) electrons. The molecule has 0 aliphatic rings. The second-order valence-electron chi connectivity index (χ2n) is 4.34. The van der Waals surface area contributed by atoms with Crippen molar-refractivity contribution >= 4 is 27.1 Å². The Morgan fingerprint density at radius 2 is 1.86 bits per heavy atom. The normalized spacial score (nSPS) is 12.9. The van der Waals surface area contributed by atoms with Crippen LogP contribution in [0.15, 0.2) is 46.3 Å². The number of aryl methyl sites for hydroxylation is 1. The van der Waals surface area contributed by atoms with Crippen molar-refractivity contribution in [3.05, 3.63) is 47.7 Å². The third-order valence-corrected chi connectivity index (χ3v) is 5.46. The number of rotatable bonds is 4. The number of hydrogen-bond acceptors (Lipinski definition) is 5. The van der Waals surface area contributed by atoms with Crippen molar-refractivity contribution in [2.45, 2.75) is 16.8 Å². The van der Waals surface area contributed by atoms with E-state index < -0.39 is 32.1 Å². The number of hydrogen-bond donors (Lipinski definition) is 1. The summed E-state index contributed by atoms with van der Waals surface area (Å²) < 4.78 is 51.4. The van der Waals surface area contributed by atoms with Crippen LogP contribution >= 0.6 is 0 Å². The van der Waals surface area contributed by atoms with Gasteiger partial charge in [0.25, 0.3) is 10.0 Å². The van der Waals surface area contributed by atoms with E-state index >= 15 is 0 Å². The molecule has 1 heterocycles. The average molecular weight is 343 g/mol. The van der Waals surface area contributed by atoms with Crippen LogP contribution in [0.1, 0.15) is 16.1 Å². The second kappa shape index (κ2) is 6.03. The van der Waals surface area contributed by atoms with Crippen LogP contribution in [0.4, 0.5) is 0 Å². The van der Waals surface area contributed by atoms with Crippen LogP contribution in [0.25, 0.3) is 0 Å². The van der Waals surface area contributed by atoms with Crippen molar-refractivity contribution in [1.82, 2.24) is 3.97 Å². The summed E-state index contributed by atoms with van der Waals surface area (Å²) in [7, 11) is -3.12. The molecule has 0 saturated heterocycles. The molecule has 0 spiro atoms. The van der Waals surface area contributed by atoms with Crippen LogP contribution < -0.4 is 0 Å². The van der Waals surface area contributed by atoms with Crippen LogP contribution in [0, 0.1) is 6.92 Å². The minimum Gasteiger partial charge on any atom is -0.464 e. The number of benzene rings is 1. The fourth-order valence-electron chi connectivity index (χ4n) is 1.98. The molecule has 118 valence electrons. The molecule has 22 heavy (non-hydrogen) atoms. The van der Waals surface area contributed by atoms with Gasteiger partial charge in [-0.15, -0.1) is 0 Å². The van der Waals surface area contributed by atoms with Gasteiger partial charge in [0, 0.05) is 0 Å². The lowest BCUT2D eigenvalue weighted by Crippen LogP contribution is -2.22. The summed E-state index contributed by atoms with van der Waals surface area (Å²) in [6.45, 7) is 1.46. The first kappa shape index (κ1) is 16.4. The summed E-state index contributed by atoms with van der Waals surface area (Å²) in [5.74, 6) is -0.909. The molecular formula is C13H13NO6S2. The van der Waals surface area contributed by atoms with Gasteiger partial charge in [0.15, 0.2) is 0 Å². The van der Waals surface area contributed by atoms with Crippen molar-refractivity contribution in [1.29, 1.82) is 0 Å². The fraction of sp³-hybridized carbons (Fsp3) is 0.154. The predicted molar refractivity (Wildman–Crippen MR) is 78.6 cm³/mol. The largest absolute Gasteiger partial charge is 0.464 e. The highest BCUT2D eigenvalue weighted by molar-refractivity contribution is 7.90. The number of ether oxygens (including phenoxy) is 1. The Morgan fingerprint density at radius 3 is 2.36 bits per heavy atom. The lowest BCUT2D eigenvalue weighted by molar-refractivity contribution is 0.0591. The minimum atomic E-state index is -4.22. The van der Waals surface area contributed by atoms with Crippen molar-refractivity contribution in [3.8, 4) is 0 Å². The zero-order valence-electron chi connectivity index (χ0n) is 11.7. The number of aromatic nitrogens is 1. The first-order valence-electron chi connectivity index (χ1n) is 6.03. The summed E-state index contributed by atoms with van der Waals surface area (Å²) in [5.41, 5.74) is -0.0764. The van der Waals surface area contributed by atoms with Crippen molar-refractivity contribution < 1.29 is 26.7 Å². The van der Waals surface area contributed by atoms with Crippen LogP contribution in [-0.2, 0) is 25.8 Å². The van der Waals surface area contributed by atoms with E-state index in [2.05, 4.69) is 4.74 Å². The van der Waals surface area contributed by atoms with E-state index in [0.717, 1.165) is 7.11 Å². The zero-order valence-corrected chi connectivity index (χ0v) is 13.3. The Hall–Kier alpha value is -1.97. The van der Waals surface area contributed by atoms with Crippen LogP contribution in [0.2, 0.25) is 0 Å². The SMILES string of the molecule is COC(=O)c1c(C)cc(S(=O)O)n1S(=O)(=O)c1ccccc1. The third-order valence-electron chi connectivity index (χ3n) is 2.96. The van der Waals surface area contributed by atoms with E-state index in [1.165, 1.54) is 37.3 Å². The number of methoxy groups -OCH3 is 1. The second-order valence-corrected chi connectivity index (χ2v) is 7.04. The maximum absolute atomic E-state index is 12.7. The monoisotopic (exact) mass is 343 g/mol. The molecule has 0 aliphatic heterocycles. The van der Waals surface area contributed by atoms with Gasteiger partial charge >= 0.3 is 5.97 Å². The zero-order chi connectivity index (χ0) is 16.5. The Bertz CT molecular complexity index is 839. The molecule has 0 fully saturated rings. The highest BCUT2D eigenvalue weighted by Crippen LogP contribution is 2.25. The number of carbonyl (C=O) groups excluding carboxylic acids is 1. The van der Waals surface area contributed by atoms with E-state index in [0.29, 0.717) is 3.97 Å². The van der Waals surface area contributed by atoms with E-state index in [1.807, 2.05) is 0 Å². The number of esters is 1. The molecule has 7 nitrogen and oxygen atoms in total. The van der Waals surface area contributed by atoms with Crippen LogP contribution in [-0.4, -0.2) is 34.2 Å². The topological polar surface area (TPSA) is 103 Å². The molecule has 1 aromatic heterocycles. The molecule has 9 heteroatoms. The number of carbonyl (C=O) groups is 1. The highest BCUT2D eigenvalue weighted by atomic mass is 32.2. The maximum Gasteiger partial charge on any atom is 0.356 e. The highest BCUT2D eigenvalue weighted by Gasteiger charge is 2.31. The van der Waals surface area contributed by atoms with Gasteiger partial charge in [0.05, 0.1) is 12.0 Å². The van der Waals surface area contributed by atoms with Gasteiger partial charge < -0.3 is 9.29 Å². The molecule has 1 atom stereocenters. The smallest absolute Gasteiger partial charge is 0.356 e. The first-order valence-corrected chi connectivity index (χ1v) is 8.57. The molecule has 0 aliphatic carbocycles.